The molecule has 2 heterocycles. The van der Waals surface area contributed by atoms with Gasteiger partial charge in [-0.2, -0.15) is 0 Å². The van der Waals surface area contributed by atoms with Crippen molar-refractivity contribution in [3.8, 4) is 0 Å². The molecule has 0 spiro atoms. The molecule has 0 bridgehead atoms. The largest absolute Gasteiger partial charge is 0.356 e. The summed E-state index contributed by atoms with van der Waals surface area (Å²) in [6.07, 6.45) is 7.72. The molecule has 23 heavy (non-hydrogen) atoms. The van der Waals surface area contributed by atoms with Crippen molar-refractivity contribution < 1.29 is 4.21 Å². The lowest BCUT2D eigenvalue weighted by Crippen LogP contribution is -2.37. The van der Waals surface area contributed by atoms with Crippen LogP contribution in [-0.2, 0) is 9.73 Å². The zero-order valence-electron chi connectivity index (χ0n) is 13.8. The normalized spacial score (nSPS) is 24.4. The van der Waals surface area contributed by atoms with E-state index in [1.165, 1.54) is 0 Å². The molecule has 7 heteroatoms. The van der Waals surface area contributed by atoms with Gasteiger partial charge in [-0.15, -0.1) is 0 Å². The fourth-order valence-corrected chi connectivity index (χ4v) is 4.84. The molecule has 1 aliphatic rings. The predicted octanol–water partition coefficient (Wildman–Crippen LogP) is 3.02. The maximum atomic E-state index is 12.0. The van der Waals surface area contributed by atoms with Gasteiger partial charge >= 0.3 is 0 Å². The summed E-state index contributed by atoms with van der Waals surface area (Å²) in [5, 5.41) is 1.05. The Balaban J connectivity index is 1.67. The van der Waals surface area contributed by atoms with Crippen molar-refractivity contribution in [2.45, 2.75) is 38.6 Å². The van der Waals surface area contributed by atoms with Gasteiger partial charge < -0.3 is 9.88 Å². The topological polar surface area (TPSA) is 85.7 Å². The van der Waals surface area contributed by atoms with E-state index in [4.69, 9.17) is 4.78 Å². The number of aromatic nitrogens is 3. The quantitative estimate of drug-likeness (QED) is 0.879. The van der Waals surface area contributed by atoms with E-state index in [1.54, 1.807) is 6.33 Å². The van der Waals surface area contributed by atoms with Crippen molar-refractivity contribution in [2.75, 3.05) is 23.5 Å². The predicted molar refractivity (Wildman–Crippen MR) is 94.3 cm³/mol. The Kier molecular flexibility index (Phi) is 4.57. The third-order valence-corrected chi connectivity index (χ3v) is 6.94. The van der Waals surface area contributed by atoms with Crippen LogP contribution in [0, 0.1) is 10.7 Å². The molecule has 1 saturated carbocycles. The number of nitrogens with zero attached hydrogens (tertiary/aromatic N) is 3. The van der Waals surface area contributed by atoms with Crippen LogP contribution in [-0.4, -0.2) is 43.8 Å². The molecule has 1 atom stereocenters. The molecule has 2 aromatic rings. The number of nitrogens with one attached hydrogen (secondary N) is 2. The van der Waals surface area contributed by atoms with Gasteiger partial charge in [0.25, 0.3) is 0 Å². The van der Waals surface area contributed by atoms with Crippen LogP contribution in [0.4, 0.5) is 5.82 Å². The number of fused-ring (bicyclic) bond motifs is 1. The fourth-order valence-electron chi connectivity index (χ4n) is 3.51. The summed E-state index contributed by atoms with van der Waals surface area (Å²) in [6.45, 7) is 1.85. The van der Waals surface area contributed by atoms with Crippen molar-refractivity contribution in [1.82, 2.24) is 15.0 Å². The molecular formula is C16H25N5OS. The Morgan fingerprint density at radius 3 is 2.78 bits per heavy atom. The van der Waals surface area contributed by atoms with Crippen LogP contribution in [0.25, 0.3) is 11.0 Å². The van der Waals surface area contributed by atoms with Crippen molar-refractivity contribution in [3.05, 3.63) is 18.6 Å². The van der Waals surface area contributed by atoms with Gasteiger partial charge in [-0.1, -0.05) is 6.92 Å². The van der Waals surface area contributed by atoms with Gasteiger partial charge in [-0.05, 0) is 37.7 Å². The van der Waals surface area contributed by atoms with Gasteiger partial charge in [0.1, 0.15) is 17.8 Å². The first-order valence-electron chi connectivity index (χ1n) is 8.25. The molecule has 0 aliphatic heterocycles. The Morgan fingerprint density at radius 1 is 1.35 bits per heavy atom. The number of aromatic amines is 1. The molecule has 126 valence electrons. The lowest BCUT2D eigenvalue weighted by molar-refractivity contribution is 0.342. The molecule has 1 aliphatic carbocycles. The average Bonchev–Trinajstić information content (AvgIpc) is 3.03. The highest BCUT2D eigenvalue weighted by Crippen LogP contribution is 2.32. The Morgan fingerprint density at radius 2 is 2.09 bits per heavy atom. The fraction of sp³-hybridized carbons (Fsp3) is 0.625. The summed E-state index contributed by atoms with van der Waals surface area (Å²) in [5.41, 5.74) is 0.868. The summed E-state index contributed by atoms with van der Waals surface area (Å²) in [5.74, 6) is 2.44. The molecular weight excluding hydrogens is 310 g/mol. The Hall–Kier alpha value is -1.63. The SMILES string of the molecule is CCS(=N)(=O)CC1CCC(N(C)c2ncnc3[nH]ccc23)CC1. The standard InChI is InChI=1S/C16H25N5OS/c1-3-23(17,22)10-12-4-6-13(7-5-12)21(2)16-14-8-9-18-15(14)19-11-20-16/h8-9,11-13,17H,3-7,10H2,1-2H3,(H,18,19,20). The zero-order chi connectivity index (χ0) is 16.4. The maximum Gasteiger partial charge on any atom is 0.142 e. The summed E-state index contributed by atoms with van der Waals surface area (Å²) >= 11 is 0. The minimum Gasteiger partial charge on any atom is -0.356 e. The first kappa shape index (κ1) is 16.2. The van der Waals surface area contributed by atoms with Gasteiger partial charge in [0, 0.05) is 40.5 Å². The highest BCUT2D eigenvalue weighted by molar-refractivity contribution is 7.92. The second kappa shape index (κ2) is 6.47. The monoisotopic (exact) mass is 335 g/mol. The van der Waals surface area contributed by atoms with Crippen LogP contribution < -0.4 is 4.90 Å². The third-order valence-electron chi connectivity index (χ3n) is 5.00. The van der Waals surface area contributed by atoms with E-state index in [-0.39, 0.29) is 0 Å². The molecule has 3 rings (SSSR count). The minimum atomic E-state index is -2.37. The summed E-state index contributed by atoms with van der Waals surface area (Å²) in [4.78, 5) is 14.1. The molecule has 0 amide bonds. The van der Waals surface area contributed by atoms with E-state index < -0.39 is 9.73 Å². The number of rotatable bonds is 5. The maximum absolute atomic E-state index is 12.0. The highest BCUT2D eigenvalue weighted by atomic mass is 32.2. The van der Waals surface area contributed by atoms with E-state index in [2.05, 4.69) is 26.9 Å². The summed E-state index contributed by atoms with van der Waals surface area (Å²) in [7, 11) is -0.272. The second-order valence-corrected chi connectivity index (χ2v) is 9.02. The van der Waals surface area contributed by atoms with E-state index >= 15 is 0 Å². The van der Waals surface area contributed by atoms with Crippen molar-refractivity contribution in [3.63, 3.8) is 0 Å². The van der Waals surface area contributed by atoms with Crippen LogP contribution in [0.1, 0.15) is 32.6 Å². The second-order valence-electron chi connectivity index (χ2n) is 6.49. The number of hydrogen-bond acceptors (Lipinski definition) is 5. The van der Waals surface area contributed by atoms with E-state index in [0.717, 1.165) is 42.5 Å². The van der Waals surface area contributed by atoms with Crippen LogP contribution in [0.3, 0.4) is 0 Å². The Labute approximate surface area is 137 Å². The van der Waals surface area contributed by atoms with Crippen LogP contribution in [0.2, 0.25) is 0 Å². The van der Waals surface area contributed by atoms with Gasteiger partial charge in [0.15, 0.2) is 0 Å². The molecule has 1 unspecified atom stereocenters. The zero-order valence-corrected chi connectivity index (χ0v) is 14.6. The number of anilines is 1. The molecule has 0 saturated heterocycles. The molecule has 0 aromatic carbocycles. The van der Waals surface area contributed by atoms with Crippen LogP contribution >= 0.6 is 0 Å². The number of H-pyrrole nitrogens is 1. The minimum absolute atomic E-state index is 0.433. The Bertz CT molecular complexity index is 762. The molecule has 6 nitrogen and oxygen atoms in total. The van der Waals surface area contributed by atoms with Crippen LogP contribution in [0.5, 0.6) is 0 Å². The van der Waals surface area contributed by atoms with Gasteiger partial charge in [0.05, 0.1) is 5.39 Å². The summed E-state index contributed by atoms with van der Waals surface area (Å²) < 4.78 is 19.9. The van der Waals surface area contributed by atoms with Crippen molar-refractivity contribution >= 4 is 26.6 Å². The van der Waals surface area contributed by atoms with Gasteiger partial charge in [0.2, 0.25) is 0 Å². The lowest BCUT2D eigenvalue weighted by atomic mass is 9.86. The van der Waals surface area contributed by atoms with E-state index in [9.17, 15) is 4.21 Å². The molecule has 0 radical (unpaired) electrons. The average molecular weight is 335 g/mol. The van der Waals surface area contributed by atoms with E-state index in [0.29, 0.717) is 23.5 Å². The van der Waals surface area contributed by atoms with Gasteiger partial charge in [-0.3, -0.25) is 4.78 Å². The smallest absolute Gasteiger partial charge is 0.142 e. The number of hydrogen-bond donors (Lipinski definition) is 2. The van der Waals surface area contributed by atoms with E-state index in [1.807, 2.05) is 19.2 Å². The lowest BCUT2D eigenvalue weighted by Gasteiger charge is -2.35. The summed E-state index contributed by atoms with van der Waals surface area (Å²) in [6, 6.07) is 2.46. The molecule has 2 N–H and O–H groups in total. The van der Waals surface area contributed by atoms with Crippen LogP contribution in [0.15, 0.2) is 18.6 Å². The molecule has 1 fully saturated rings. The highest BCUT2D eigenvalue weighted by Gasteiger charge is 2.27. The molecule has 2 aromatic heterocycles. The first-order chi connectivity index (χ1) is 11.0. The van der Waals surface area contributed by atoms with Crippen molar-refractivity contribution in [1.29, 1.82) is 4.78 Å². The third kappa shape index (κ3) is 3.49. The van der Waals surface area contributed by atoms with Gasteiger partial charge in [-0.25, -0.2) is 14.2 Å². The first-order valence-corrected chi connectivity index (χ1v) is 10.1. The van der Waals surface area contributed by atoms with Crippen molar-refractivity contribution in [2.24, 2.45) is 5.92 Å².